The molecule has 0 saturated carbocycles. The van der Waals surface area contributed by atoms with Crippen LogP contribution in [0.2, 0.25) is 0 Å². The van der Waals surface area contributed by atoms with Crippen molar-refractivity contribution in [2.75, 3.05) is 19.6 Å². The van der Waals surface area contributed by atoms with E-state index in [1.165, 1.54) is 13.1 Å². The molecule has 1 aliphatic rings. The zero-order chi connectivity index (χ0) is 9.56. The molecule has 12 heavy (non-hydrogen) atoms. The van der Waals surface area contributed by atoms with E-state index in [1.807, 2.05) is 0 Å². The summed E-state index contributed by atoms with van der Waals surface area (Å²) < 4.78 is 0. The molecule has 0 bridgehead atoms. The topological polar surface area (TPSA) is 15.3 Å². The molecule has 0 aromatic carbocycles. The van der Waals surface area contributed by atoms with Crippen LogP contribution in [0.4, 0.5) is 0 Å². The van der Waals surface area contributed by atoms with E-state index in [4.69, 9.17) is 0 Å². The minimum Gasteiger partial charge on any atom is -0.312 e. The summed E-state index contributed by atoms with van der Waals surface area (Å²) in [6, 6.07) is 1.39. The molecule has 0 spiro atoms. The molecule has 0 radical (unpaired) electrons. The number of hydrogen-bond donors (Lipinski definition) is 1. The fourth-order valence-corrected chi connectivity index (χ4v) is 1.43. The monoisotopic (exact) mass is 168 g/mol. The Morgan fingerprint density at radius 2 is 2.00 bits per heavy atom. The Labute approximate surface area is 76.3 Å². The molecule has 0 aliphatic carbocycles. The first-order chi connectivity index (χ1) is 5.70. The van der Waals surface area contributed by atoms with E-state index in [1.54, 1.807) is 0 Å². The van der Waals surface area contributed by atoms with Crippen molar-refractivity contribution >= 4 is 0 Å². The standard InChI is InChI=1S/C8H18N2.C2H2/c1-7(2)10-5-4-9-8(3)6-10;1-2/h7-9H,4-6H2,1-3H3;1-2H/t8-;/m1./s1. The maximum absolute atomic E-state index is 4.00. The summed E-state index contributed by atoms with van der Waals surface area (Å²) in [5, 5.41) is 3.43. The maximum atomic E-state index is 4.00. The lowest BCUT2D eigenvalue weighted by atomic mass is 10.2. The van der Waals surface area contributed by atoms with Crippen molar-refractivity contribution in [1.29, 1.82) is 0 Å². The highest BCUT2D eigenvalue weighted by atomic mass is 15.2. The highest BCUT2D eigenvalue weighted by molar-refractivity contribution is 4.76. The molecular weight excluding hydrogens is 148 g/mol. The van der Waals surface area contributed by atoms with Gasteiger partial charge < -0.3 is 5.32 Å². The van der Waals surface area contributed by atoms with Gasteiger partial charge >= 0.3 is 0 Å². The molecule has 1 heterocycles. The number of rotatable bonds is 1. The molecule has 70 valence electrons. The lowest BCUT2D eigenvalue weighted by Crippen LogP contribution is -2.51. The van der Waals surface area contributed by atoms with Crippen molar-refractivity contribution < 1.29 is 0 Å². The van der Waals surface area contributed by atoms with Crippen LogP contribution in [0.15, 0.2) is 0 Å². The molecule has 0 aromatic heterocycles. The van der Waals surface area contributed by atoms with Crippen molar-refractivity contribution in [2.24, 2.45) is 0 Å². The third-order valence-corrected chi connectivity index (χ3v) is 2.13. The van der Waals surface area contributed by atoms with Gasteiger partial charge in [0.05, 0.1) is 0 Å². The van der Waals surface area contributed by atoms with Crippen molar-refractivity contribution in [3.63, 3.8) is 0 Å². The Morgan fingerprint density at radius 1 is 1.42 bits per heavy atom. The van der Waals surface area contributed by atoms with Crippen LogP contribution >= 0.6 is 0 Å². The van der Waals surface area contributed by atoms with E-state index in [-0.39, 0.29) is 0 Å². The van der Waals surface area contributed by atoms with Gasteiger partial charge in [0.15, 0.2) is 0 Å². The maximum Gasteiger partial charge on any atom is 0.0167 e. The van der Waals surface area contributed by atoms with Crippen LogP contribution in [-0.4, -0.2) is 36.6 Å². The van der Waals surface area contributed by atoms with Gasteiger partial charge in [0, 0.05) is 31.7 Å². The van der Waals surface area contributed by atoms with Gasteiger partial charge in [-0.25, -0.2) is 0 Å². The van der Waals surface area contributed by atoms with Gasteiger partial charge in [-0.15, -0.1) is 12.8 Å². The van der Waals surface area contributed by atoms with Crippen LogP contribution in [-0.2, 0) is 0 Å². The minimum atomic E-state index is 0.677. The van der Waals surface area contributed by atoms with Crippen LogP contribution < -0.4 is 5.32 Å². The number of nitrogens with zero attached hydrogens (tertiary/aromatic N) is 1. The minimum absolute atomic E-state index is 0.677. The molecule has 0 amide bonds. The van der Waals surface area contributed by atoms with Crippen LogP contribution in [0.3, 0.4) is 0 Å². The molecule has 0 aromatic rings. The summed E-state index contributed by atoms with van der Waals surface area (Å²) in [7, 11) is 0. The number of piperazine rings is 1. The quantitative estimate of drug-likeness (QED) is 0.586. The van der Waals surface area contributed by atoms with Crippen molar-refractivity contribution in [3.05, 3.63) is 0 Å². The molecular formula is C10H20N2. The third kappa shape index (κ3) is 3.75. The van der Waals surface area contributed by atoms with E-state index in [9.17, 15) is 0 Å². The molecule has 2 heteroatoms. The van der Waals surface area contributed by atoms with E-state index >= 15 is 0 Å². The lowest BCUT2D eigenvalue weighted by Gasteiger charge is -2.34. The Morgan fingerprint density at radius 3 is 2.33 bits per heavy atom. The average Bonchev–Trinajstić information content (AvgIpc) is 2.08. The Hall–Kier alpha value is -0.520. The average molecular weight is 168 g/mol. The molecule has 2 nitrogen and oxygen atoms in total. The van der Waals surface area contributed by atoms with Crippen molar-refractivity contribution in [2.45, 2.75) is 32.9 Å². The van der Waals surface area contributed by atoms with E-state index < -0.39 is 0 Å². The van der Waals surface area contributed by atoms with Crippen LogP contribution in [0.5, 0.6) is 0 Å². The van der Waals surface area contributed by atoms with Crippen LogP contribution in [0.1, 0.15) is 20.8 Å². The number of hydrogen-bond acceptors (Lipinski definition) is 2. The van der Waals surface area contributed by atoms with E-state index in [0.717, 1.165) is 6.54 Å². The Kier molecular flexibility index (Phi) is 5.79. The van der Waals surface area contributed by atoms with Crippen LogP contribution in [0, 0.1) is 12.8 Å². The second-order valence-electron chi connectivity index (χ2n) is 3.44. The highest BCUT2D eigenvalue weighted by Crippen LogP contribution is 2.02. The summed E-state index contributed by atoms with van der Waals surface area (Å²) in [6.45, 7) is 10.3. The van der Waals surface area contributed by atoms with Gasteiger partial charge in [-0.2, -0.15) is 0 Å². The summed E-state index contributed by atoms with van der Waals surface area (Å²) in [6.07, 6.45) is 8.00. The van der Waals surface area contributed by atoms with E-state index in [2.05, 4.69) is 43.8 Å². The summed E-state index contributed by atoms with van der Waals surface area (Å²) in [4.78, 5) is 2.52. The first-order valence-electron chi connectivity index (χ1n) is 4.51. The summed E-state index contributed by atoms with van der Waals surface area (Å²) >= 11 is 0. The van der Waals surface area contributed by atoms with Crippen LogP contribution in [0.25, 0.3) is 0 Å². The van der Waals surface area contributed by atoms with Gasteiger partial charge in [-0.05, 0) is 20.8 Å². The molecule has 1 rings (SSSR count). The summed E-state index contributed by atoms with van der Waals surface area (Å²) in [5.41, 5.74) is 0. The lowest BCUT2D eigenvalue weighted by molar-refractivity contribution is 0.168. The molecule has 1 fully saturated rings. The summed E-state index contributed by atoms with van der Waals surface area (Å²) in [5.74, 6) is 0. The Balaban J connectivity index is 0.000000561. The Bertz CT molecular complexity index is 129. The largest absolute Gasteiger partial charge is 0.312 e. The molecule has 0 unspecified atom stereocenters. The fraction of sp³-hybridized carbons (Fsp3) is 0.800. The molecule has 1 N–H and O–H groups in total. The first-order valence-corrected chi connectivity index (χ1v) is 4.51. The third-order valence-electron chi connectivity index (χ3n) is 2.13. The molecule has 1 saturated heterocycles. The SMILES string of the molecule is C#C.CC(C)N1CCN[C@H](C)C1. The zero-order valence-electron chi connectivity index (χ0n) is 8.38. The molecule has 1 aliphatic heterocycles. The van der Waals surface area contributed by atoms with Crippen molar-refractivity contribution in [3.8, 4) is 12.8 Å². The van der Waals surface area contributed by atoms with Gasteiger partial charge in [0.2, 0.25) is 0 Å². The zero-order valence-corrected chi connectivity index (χ0v) is 8.38. The second-order valence-corrected chi connectivity index (χ2v) is 3.44. The highest BCUT2D eigenvalue weighted by Gasteiger charge is 2.16. The van der Waals surface area contributed by atoms with E-state index in [0.29, 0.717) is 12.1 Å². The van der Waals surface area contributed by atoms with Gasteiger partial charge in [0.25, 0.3) is 0 Å². The van der Waals surface area contributed by atoms with Gasteiger partial charge in [0.1, 0.15) is 0 Å². The van der Waals surface area contributed by atoms with Gasteiger partial charge in [-0.3, -0.25) is 4.90 Å². The van der Waals surface area contributed by atoms with Crippen molar-refractivity contribution in [1.82, 2.24) is 10.2 Å². The first kappa shape index (κ1) is 11.5. The fourth-order valence-electron chi connectivity index (χ4n) is 1.43. The molecule has 1 atom stereocenters. The number of nitrogens with one attached hydrogen (secondary N) is 1. The second kappa shape index (κ2) is 6.05. The smallest absolute Gasteiger partial charge is 0.0167 e. The normalized spacial score (nSPS) is 24.7. The predicted octanol–water partition coefficient (Wildman–Crippen LogP) is 0.938. The van der Waals surface area contributed by atoms with Gasteiger partial charge in [-0.1, -0.05) is 0 Å². The number of terminal acetylenes is 1. The predicted molar refractivity (Wildman–Crippen MR) is 54.1 cm³/mol.